The van der Waals surface area contributed by atoms with Crippen molar-refractivity contribution in [3.63, 3.8) is 0 Å². The monoisotopic (exact) mass is 399 g/mol. The van der Waals surface area contributed by atoms with Crippen LogP contribution in [0.4, 0.5) is 0 Å². The Morgan fingerprint density at radius 2 is 1.77 bits per heavy atom. The number of aliphatic hydroxyl groups excluding tert-OH is 1. The minimum Gasteiger partial charge on any atom is -0.382 e. The summed E-state index contributed by atoms with van der Waals surface area (Å²) in [6, 6.07) is 20.4. The topological polar surface area (TPSA) is 67.1 Å². The van der Waals surface area contributed by atoms with Crippen LogP contribution in [0.25, 0.3) is 10.9 Å². The van der Waals surface area contributed by atoms with Crippen molar-refractivity contribution in [2.75, 3.05) is 13.1 Å². The number of pyridine rings is 1. The van der Waals surface area contributed by atoms with Crippen LogP contribution < -0.4 is 0 Å². The standard InChI is InChI=1S/C24H25N5O/c30-24(19-6-2-1-3-7-19)22-17-29(27-26-22)21-11-14-28(15-12-21)16-20-9-4-8-18-10-5-13-25-23(18)20/h1-10,13,17,21,24,30H,11-12,14-16H2/t24-/m1/s1. The number of para-hydroxylation sites is 1. The van der Waals surface area contributed by atoms with Crippen molar-refractivity contribution in [2.45, 2.75) is 31.5 Å². The van der Waals surface area contributed by atoms with Crippen LogP contribution in [-0.4, -0.2) is 43.1 Å². The van der Waals surface area contributed by atoms with Gasteiger partial charge < -0.3 is 5.11 Å². The van der Waals surface area contributed by atoms with E-state index in [-0.39, 0.29) is 0 Å². The third-order valence-electron chi connectivity index (χ3n) is 5.96. The summed E-state index contributed by atoms with van der Waals surface area (Å²) in [4.78, 5) is 7.06. The Hall–Kier alpha value is -3.09. The number of hydrogen-bond acceptors (Lipinski definition) is 5. The molecular formula is C24H25N5O. The molecule has 6 heteroatoms. The second kappa shape index (κ2) is 8.34. The first-order valence-corrected chi connectivity index (χ1v) is 10.5. The Kier molecular flexibility index (Phi) is 5.26. The molecule has 0 unspecified atom stereocenters. The summed E-state index contributed by atoms with van der Waals surface area (Å²) < 4.78 is 1.93. The number of aromatic nitrogens is 4. The smallest absolute Gasteiger partial charge is 0.124 e. The van der Waals surface area contributed by atoms with Crippen LogP contribution >= 0.6 is 0 Å². The normalized spacial score (nSPS) is 16.7. The average molecular weight is 399 g/mol. The third-order valence-corrected chi connectivity index (χ3v) is 5.96. The molecule has 1 atom stereocenters. The maximum atomic E-state index is 10.6. The maximum Gasteiger partial charge on any atom is 0.124 e. The number of likely N-dealkylation sites (tertiary alicyclic amines) is 1. The first-order valence-electron chi connectivity index (χ1n) is 10.5. The molecule has 30 heavy (non-hydrogen) atoms. The van der Waals surface area contributed by atoms with Gasteiger partial charge in [-0.1, -0.05) is 59.8 Å². The van der Waals surface area contributed by atoms with Gasteiger partial charge in [0.1, 0.15) is 11.8 Å². The number of rotatable bonds is 5. The SMILES string of the molecule is O[C@H](c1ccccc1)c1cn(C2CCN(Cc3cccc4cccnc34)CC2)nn1. The molecule has 0 bridgehead atoms. The molecule has 2 aromatic carbocycles. The molecule has 5 rings (SSSR count). The zero-order valence-electron chi connectivity index (χ0n) is 16.8. The molecule has 1 N–H and O–H groups in total. The van der Waals surface area contributed by atoms with E-state index in [4.69, 9.17) is 0 Å². The van der Waals surface area contributed by atoms with Gasteiger partial charge >= 0.3 is 0 Å². The minimum absolute atomic E-state index is 0.316. The Morgan fingerprint density at radius 3 is 2.60 bits per heavy atom. The van der Waals surface area contributed by atoms with Crippen molar-refractivity contribution in [1.82, 2.24) is 24.9 Å². The molecule has 1 aliphatic heterocycles. The fourth-order valence-corrected chi connectivity index (χ4v) is 4.28. The molecule has 0 aliphatic carbocycles. The Labute approximate surface area is 175 Å². The number of fused-ring (bicyclic) bond motifs is 1. The molecule has 6 nitrogen and oxygen atoms in total. The fourth-order valence-electron chi connectivity index (χ4n) is 4.28. The molecule has 4 aromatic rings. The van der Waals surface area contributed by atoms with Crippen molar-refractivity contribution >= 4 is 10.9 Å². The lowest BCUT2D eigenvalue weighted by Crippen LogP contribution is -2.34. The van der Waals surface area contributed by atoms with Gasteiger partial charge in [-0.3, -0.25) is 9.88 Å². The van der Waals surface area contributed by atoms with Gasteiger partial charge in [0.25, 0.3) is 0 Å². The Balaban J connectivity index is 1.23. The molecule has 1 saturated heterocycles. The van der Waals surface area contributed by atoms with E-state index in [2.05, 4.69) is 44.5 Å². The van der Waals surface area contributed by atoms with Crippen LogP contribution in [0.1, 0.15) is 41.8 Å². The highest BCUT2D eigenvalue weighted by Crippen LogP contribution is 2.26. The van der Waals surface area contributed by atoms with Crippen LogP contribution in [0.15, 0.2) is 73.1 Å². The van der Waals surface area contributed by atoms with Crippen LogP contribution in [0.2, 0.25) is 0 Å². The van der Waals surface area contributed by atoms with E-state index in [1.807, 2.05) is 53.5 Å². The van der Waals surface area contributed by atoms with E-state index in [0.717, 1.165) is 43.6 Å². The number of benzene rings is 2. The molecule has 3 heterocycles. The van der Waals surface area contributed by atoms with Gasteiger partial charge in [0, 0.05) is 31.2 Å². The Bertz CT molecular complexity index is 1110. The first kappa shape index (κ1) is 18.9. The second-order valence-corrected chi connectivity index (χ2v) is 7.94. The molecule has 0 amide bonds. The lowest BCUT2D eigenvalue weighted by atomic mass is 10.0. The van der Waals surface area contributed by atoms with Gasteiger partial charge in [0.2, 0.25) is 0 Å². The van der Waals surface area contributed by atoms with Crippen LogP contribution in [0.3, 0.4) is 0 Å². The third kappa shape index (κ3) is 3.84. The highest BCUT2D eigenvalue weighted by Gasteiger charge is 2.23. The number of piperidine rings is 1. The zero-order valence-corrected chi connectivity index (χ0v) is 16.8. The van der Waals surface area contributed by atoms with Gasteiger partial charge in [-0.25, -0.2) is 4.68 Å². The number of hydrogen-bond donors (Lipinski definition) is 1. The average Bonchev–Trinajstić information content (AvgIpc) is 3.30. The molecule has 1 aliphatic rings. The van der Waals surface area contributed by atoms with E-state index in [1.165, 1.54) is 10.9 Å². The largest absolute Gasteiger partial charge is 0.382 e. The first-order chi connectivity index (χ1) is 14.8. The molecule has 2 aromatic heterocycles. The van der Waals surface area contributed by atoms with Gasteiger partial charge in [-0.2, -0.15) is 0 Å². The van der Waals surface area contributed by atoms with Gasteiger partial charge in [0.15, 0.2) is 0 Å². The molecule has 0 radical (unpaired) electrons. The van der Waals surface area contributed by atoms with Crippen LogP contribution in [0.5, 0.6) is 0 Å². The number of aliphatic hydroxyl groups is 1. The predicted molar refractivity (Wildman–Crippen MR) is 116 cm³/mol. The molecular weight excluding hydrogens is 374 g/mol. The minimum atomic E-state index is -0.737. The summed E-state index contributed by atoms with van der Waals surface area (Å²) >= 11 is 0. The van der Waals surface area contributed by atoms with Crippen molar-refractivity contribution < 1.29 is 5.11 Å². The fraction of sp³-hybridized carbons (Fsp3) is 0.292. The summed E-state index contributed by atoms with van der Waals surface area (Å²) in [5, 5.41) is 20.3. The lowest BCUT2D eigenvalue weighted by molar-refractivity contribution is 0.172. The van der Waals surface area contributed by atoms with Crippen molar-refractivity contribution in [1.29, 1.82) is 0 Å². The molecule has 0 spiro atoms. The van der Waals surface area contributed by atoms with E-state index < -0.39 is 6.10 Å². The molecule has 1 fully saturated rings. The predicted octanol–water partition coefficient (Wildman–Crippen LogP) is 3.75. The summed E-state index contributed by atoms with van der Waals surface area (Å²) in [5.74, 6) is 0. The maximum absolute atomic E-state index is 10.6. The highest BCUT2D eigenvalue weighted by atomic mass is 16.3. The Morgan fingerprint density at radius 1 is 0.967 bits per heavy atom. The van der Waals surface area contributed by atoms with Gasteiger partial charge in [0.05, 0.1) is 17.8 Å². The lowest BCUT2D eigenvalue weighted by Gasteiger charge is -2.31. The zero-order chi connectivity index (χ0) is 20.3. The van der Waals surface area contributed by atoms with E-state index >= 15 is 0 Å². The van der Waals surface area contributed by atoms with Crippen molar-refractivity contribution in [3.05, 3.63) is 89.9 Å². The molecule has 0 saturated carbocycles. The highest BCUT2D eigenvalue weighted by molar-refractivity contribution is 5.81. The van der Waals surface area contributed by atoms with E-state index in [0.29, 0.717) is 11.7 Å². The van der Waals surface area contributed by atoms with E-state index in [1.54, 1.807) is 0 Å². The van der Waals surface area contributed by atoms with Crippen molar-refractivity contribution in [3.8, 4) is 0 Å². The van der Waals surface area contributed by atoms with Crippen LogP contribution in [0, 0.1) is 0 Å². The molecule has 152 valence electrons. The van der Waals surface area contributed by atoms with Gasteiger partial charge in [-0.05, 0) is 30.0 Å². The quantitative estimate of drug-likeness (QED) is 0.554. The summed E-state index contributed by atoms with van der Waals surface area (Å²) in [7, 11) is 0. The summed E-state index contributed by atoms with van der Waals surface area (Å²) in [5.41, 5.74) is 3.81. The van der Waals surface area contributed by atoms with Crippen molar-refractivity contribution in [2.24, 2.45) is 0 Å². The van der Waals surface area contributed by atoms with Crippen LogP contribution in [-0.2, 0) is 6.54 Å². The number of nitrogens with zero attached hydrogens (tertiary/aromatic N) is 5. The second-order valence-electron chi connectivity index (χ2n) is 7.94. The summed E-state index contributed by atoms with van der Waals surface area (Å²) in [6.07, 6.45) is 5.06. The summed E-state index contributed by atoms with van der Waals surface area (Å²) in [6.45, 7) is 2.92. The van der Waals surface area contributed by atoms with Gasteiger partial charge in [-0.15, -0.1) is 5.10 Å². The van der Waals surface area contributed by atoms with E-state index in [9.17, 15) is 5.11 Å².